The molecule has 0 aliphatic rings. The van der Waals surface area contributed by atoms with E-state index in [1.54, 1.807) is 18.3 Å². The molecule has 0 aliphatic carbocycles. The quantitative estimate of drug-likeness (QED) is 0.398. The van der Waals surface area contributed by atoms with Gasteiger partial charge in [-0.25, -0.2) is 9.97 Å². The Balaban J connectivity index is 1.66. The fourth-order valence-corrected chi connectivity index (χ4v) is 3.83. The summed E-state index contributed by atoms with van der Waals surface area (Å²) in [5, 5.41) is 14.6. The zero-order valence-electron chi connectivity index (χ0n) is 14.7. The molecule has 0 spiro atoms. The number of nitro benzene ring substituents is 1. The van der Waals surface area contributed by atoms with Crippen LogP contribution in [0.15, 0.2) is 60.8 Å². The molecule has 0 fully saturated rings. The third-order valence-electron chi connectivity index (χ3n) is 4.30. The highest BCUT2D eigenvalue weighted by molar-refractivity contribution is 7.21. The molecule has 0 aliphatic heterocycles. The number of hydrogen-bond donors (Lipinski definition) is 1. The Hall–Kier alpha value is -3.65. The molecule has 138 valence electrons. The summed E-state index contributed by atoms with van der Waals surface area (Å²) in [6, 6.07) is 15.0. The van der Waals surface area contributed by atoms with Gasteiger partial charge in [-0.2, -0.15) is 0 Å². The van der Waals surface area contributed by atoms with Crippen LogP contribution >= 0.6 is 11.3 Å². The average Bonchev–Trinajstić information content (AvgIpc) is 3.13. The molecule has 28 heavy (non-hydrogen) atoms. The number of fused-ring (bicyclic) bond motifs is 1. The first-order valence-corrected chi connectivity index (χ1v) is 9.22. The van der Waals surface area contributed by atoms with E-state index in [4.69, 9.17) is 0 Å². The normalized spacial score (nSPS) is 10.8. The first-order chi connectivity index (χ1) is 13.5. The predicted octanol–water partition coefficient (Wildman–Crippen LogP) is 4.83. The van der Waals surface area contributed by atoms with Gasteiger partial charge < -0.3 is 5.32 Å². The molecule has 1 amide bonds. The number of anilines is 1. The SMILES string of the molecule is Cc1c(NC(=O)c2cccc([N+](=O)[O-])c2)cccc1-c1nc2cccnc2s1. The second-order valence-electron chi connectivity index (χ2n) is 6.09. The van der Waals surface area contributed by atoms with Crippen molar-refractivity contribution in [2.75, 3.05) is 5.32 Å². The van der Waals surface area contributed by atoms with Gasteiger partial charge in [-0.3, -0.25) is 14.9 Å². The van der Waals surface area contributed by atoms with Crippen molar-refractivity contribution >= 4 is 39.0 Å². The number of thiazole rings is 1. The Labute approximate surface area is 163 Å². The van der Waals surface area contributed by atoms with Crippen LogP contribution in [0.1, 0.15) is 15.9 Å². The van der Waals surface area contributed by atoms with Gasteiger partial charge in [0.2, 0.25) is 0 Å². The lowest BCUT2D eigenvalue weighted by Gasteiger charge is -2.11. The molecule has 4 aromatic rings. The minimum Gasteiger partial charge on any atom is -0.322 e. The molecule has 2 aromatic heterocycles. The number of carbonyl (C=O) groups is 1. The largest absolute Gasteiger partial charge is 0.322 e. The third kappa shape index (κ3) is 3.33. The molecule has 0 unspecified atom stereocenters. The molecule has 0 bridgehead atoms. The van der Waals surface area contributed by atoms with Crippen LogP contribution in [0.2, 0.25) is 0 Å². The number of aromatic nitrogens is 2. The van der Waals surface area contributed by atoms with E-state index in [1.807, 2.05) is 31.2 Å². The standard InChI is InChI=1S/C20H14N4O3S/c1-12-15(19-23-17-9-4-10-21-20(17)28-19)7-3-8-16(12)22-18(25)13-5-2-6-14(11-13)24(26)27/h2-11H,1H3,(H,22,25). The molecule has 0 saturated carbocycles. The Morgan fingerprint density at radius 3 is 2.75 bits per heavy atom. The van der Waals surface area contributed by atoms with E-state index >= 15 is 0 Å². The highest BCUT2D eigenvalue weighted by Gasteiger charge is 2.15. The summed E-state index contributed by atoms with van der Waals surface area (Å²) >= 11 is 1.48. The summed E-state index contributed by atoms with van der Waals surface area (Å²) in [5.41, 5.74) is 3.32. The molecular weight excluding hydrogens is 376 g/mol. The Kier molecular flexibility index (Phi) is 4.54. The maximum absolute atomic E-state index is 12.6. The van der Waals surface area contributed by atoms with Crippen LogP contribution < -0.4 is 5.32 Å². The Morgan fingerprint density at radius 1 is 1.14 bits per heavy atom. The fourth-order valence-electron chi connectivity index (χ4n) is 2.84. The van der Waals surface area contributed by atoms with Crippen LogP contribution in [0.25, 0.3) is 20.9 Å². The number of amides is 1. The van der Waals surface area contributed by atoms with Crippen LogP contribution in [-0.4, -0.2) is 20.8 Å². The van der Waals surface area contributed by atoms with E-state index in [1.165, 1.54) is 29.5 Å². The van der Waals surface area contributed by atoms with Crippen molar-refractivity contribution < 1.29 is 9.72 Å². The van der Waals surface area contributed by atoms with Gasteiger partial charge >= 0.3 is 0 Å². The van der Waals surface area contributed by atoms with Crippen molar-refractivity contribution in [2.45, 2.75) is 6.92 Å². The highest BCUT2D eigenvalue weighted by Crippen LogP contribution is 2.33. The summed E-state index contributed by atoms with van der Waals surface area (Å²) in [6.45, 7) is 1.90. The first kappa shape index (κ1) is 17.7. The van der Waals surface area contributed by atoms with Gasteiger partial charge in [0.1, 0.15) is 15.4 Å². The number of nitrogens with one attached hydrogen (secondary N) is 1. The first-order valence-electron chi connectivity index (χ1n) is 8.40. The third-order valence-corrected chi connectivity index (χ3v) is 5.31. The predicted molar refractivity (Wildman–Crippen MR) is 109 cm³/mol. The van der Waals surface area contributed by atoms with Gasteiger partial charge in [0.15, 0.2) is 0 Å². The van der Waals surface area contributed by atoms with Crippen LogP contribution in [0.3, 0.4) is 0 Å². The maximum Gasteiger partial charge on any atom is 0.270 e. The number of non-ortho nitro benzene ring substituents is 1. The van der Waals surface area contributed by atoms with Crippen molar-refractivity contribution in [2.24, 2.45) is 0 Å². The van der Waals surface area contributed by atoms with Gasteiger partial charge in [-0.1, -0.05) is 29.5 Å². The lowest BCUT2D eigenvalue weighted by atomic mass is 10.1. The summed E-state index contributed by atoms with van der Waals surface area (Å²) in [7, 11) is 0. The number of nitro groups is 1. The molecular formula is C20H14N4O3S. The molecule has 0 radical (unpaired) electrons. The average molecular weight is 390 g/mol. The second-order valence-corrected chi connectivity index (χ2v) is 7.06. The molecule has 2 aromatic carbocycles. The summed E-state index contributed by atoms with van der Waals surface area (Å²) in [4.78, 5) is 32.8. The van der Waals surface area contributed by atoms with Crippen molar-refractivity contribution in [3.05, 3.63) is 82.0 Å². The van der Waals surface area contributed by atoms with Crippen molar-refractivity contribution in [3.63, 3.8) is 0 Å². The molecule has 2 heterocycles. The van der Waals surface area contributed by atoms with E-state index in [0.717, 1.165) is 26.5 Å². The number of benzene rings is 2. The van der Waals surface area contributed by atoms with E-state index in [9.17, 15) is 14.9 Å². The monoisotopic (exact) mass is 390 g/mol. The van der Waals surface area contributed by atoms with Gasteiger partial charge in [0, 0.05) is 35.1 Å². The summed E-state index contributed by atoms with van der Waals surface area (Å²) in [6.07, 6.45) is 1.73. The van der Waals surface area contributed by atoms with Gasteiger partial charge in [-0.05, 0) is 36.8 Å². The van der Waals surface area contributed by atoms with Crippen molar-refractivity contribution in [3.8, 4) is 10.6 Å². The van der Waals surface area contributed by atoms with Gasteiger partial charge in [-0.15, -0.1) is 0 Å². The molecule has 0 atom stereocenters. The topological polar surface area (TPSA) is 98.0 Å². The zero-order valence-corrected chi connectivity index (χ0v) is 15.6. The van der Waals surface area contributed by atoms with Crippen molar-refractivity contribution in [1.82, 2.24) is 9.97 Å². The number of hydrogen-bond acceptors (Lipinski definition) is 6. The second kappa shape index (κ2) is 7.16. The maximum atomic E-state index is 12.6. The van der Waals surface area contributed by atoms with E-state index in [0.29, 0.717) is 5.69 Å². The minimum atomic E-state index is -0.524. The number of nitrogens with zero attached hydrogens (tertiary/aromatic N) is 3. The lowest BCUT2D eigenvalue weighted by molar-refractivity contribution is -0.384. The summed E-state index contributed by atoms with van der Waals surface area (Å²) in [5.74, 6) is -0.407. The number of pyridine rings is 1. The minimum absolute atomic E-state index is 0.125. The van der Waals surface area contributed by atoms with Crippen LogP contribution in [0, 0.1) is 17.0 Å². The number of carbonyl (C=O) groups excluding carboxylic acids is 1. The molecule has 8 heteroatoms. The van der Waals surface area contributed by atoms with Crippen LogP contribution in [0.5, 0.6) is 0 Å². The fraction of sp³-hybridized carbons (Fsp3) is 0.0500. The lowest BCUT2D eigenvalue weighted by Crippen LogP contribution is -2.13. The van der Waals surface area contributed by atoms with Gasteiger partial charge in [0.25, 0.3) is 11.6 Å². The zero-order chi connectivity index (χ0) is 19.7. The van der Waals surface area contributed by atoms with Crippen LogP contribution in [0.4, 0.5) is 11.4 Å². The molecule has 4 rings (SSSR count). The molecule has 0 saturated heterocycles. The molecule has 7 nitrogen and oxygen atoms in total. The van der Waals surface area contributed by atoms with Gasteiger partial charge in [0.05, 0.1) is 4.92 Å². The van der Waals surface area contributed by atoms with E-state index < -0.39 is 10.8 Å². The Bertz CT molecular complexity index is 1190. The van der Waals surface area contributed by atoms with E-state index in [2.05, 4.69) is 15.3 Å². The summed E-state index contributed by atoms with van der Waals surface area (Å²) < 4.78 is 0. The van der Waals surface area contributed by atoms with Crippen molar-refractivity contribution in [1.29, 1.82) is 0 Å². The Morgan fingerprint density at radius 2 is 1.96 bits per heavy atom. The number of rotatable bonds is 4. The highest BCUT2D eigenvalue weighted by atomic mass is 32.1. The smallest absolute Gasteiger partial charge is 0.270 e. The van der Waals surface area contributed by atoms with Crippen LogP contribution in [-0.2, 0) is 0 Å². The molecule has 1 N–H and O–H groups in total. The van der Waals surface area contributed by atoms with E-state index in [-0.39, 0.29) is 11.3 Å².